The summed E-state index contributed by atoms with van der Waals surface area (Å²) in [6.07, 6.45) is -3.72. The Morgan fingerprint density at radius 1 is 1.56 bits per heavy atom. The van der Waals surface area contributed by atoms with E-state index >= 15 is 0 Å². The second-order valence-corrected chi connectivity index (χ2v) is 3.49. The van der Waals surface area contributed by atoms with Crippen LogP contribution in [0.4, 0.5) is 19.1 Å². The molecule has 0 saturated heterocycles. The van der Waals surface area contributed by atoms with Gasteiger partial charge in [0, 0.05) is 6.20 Å². The quantitative estimate of drug-likeness (QED) is 0.889. The van der Waals surface area contributed by atoms with E-state index in [1.807, 2.05) is 0 Å². The largest absolute Gasteiger partial charge is 0.480 e. The molecule has 0 aromatic carbocycles. The number of halogens is 4. The first kappa shape index (κ1) is 12.7. The van der Waals surface area contributed by atoms with Crippen molar-refractivity contribution < 1.29 is 23.1 Å². The average Bonchev–Trinajstić information content (AvgIpc) is 2.14. The second-order valence-electron chi connectivity index (χ2n) is 2.64. The number of alkyl halides is 3. The topological polar surface area (TPSA) is 75.1 Å². The van der Waals surface area contributed by atoms with E-state index in [9.17, 15) is 18.0 Å². The number of aliphatic carboxylic acids is 1. The van der Waals surface area contributed by atoms with Crippen molar-refractivity contribution in [3.8, 4) is 0 Å². The van der Waals surface area contributed by atoms with Crippen LogP contribution in [0.5, 0.6) is 0 Å². The van der Waals surface area contributed by atoms with Crippen molar-refractivity contribution in [2.45, 2.75) is 6.18 Å². The van der Waals surface area contributed by atoms with E-state index in [1.165, 1.54) is 0 Å². The highest BCUT2D eigenvalue weighted by Crippen LogP contribution is 2.33. The lowest BCUT2D eigenvalue weighted by molar-refractivity contribution is -0.141. The molecule has 0 aliphatic heterocycles. The summed E-state index contributed by atoms with van der Waals surface area (Å²) < 4.78 is 36.8. The highest BCUT2D eigenvalue weighted by Gasteiger charge is 2.35. The highest BCUT2D eigenvalue weighted by molar-refractivity contribution is 9.10. The van der Waals surface area contributed by atoms with Crippen molar-refractivity contribution in [3.63, 3.8) is 0 Å². The standard InChI is InChI=1S/C7H5BrF3N3O2/c8-3-1-12-6(13-2-4(15)16)14-5(3)7(9,10)11/h1H,2H2,(H,15,16)(H,12,13,14). The number of rotatable bonds is 3. The number of hydrogen-bond acceptors (Lipinski definition) is 4. The Bertz CT molecular complexity index is 410. The Balaban J connectivity index is 2.94. The average molecular weight is 300 g/mol. The summed E-state index contributed by atoms with van der Waals surface area (Å²) >= 11 is 2.66. The summed E-state index contributed by atoms with van der Waals surface area (Å²) in [7, 11) is 0. The summed E-state index contributed by atoms with van der Waals surface area (Å²) in [5.41, 5.74) is -1.16. The molecule has 0 bridgehead atoms. The zero-order valence-corrected chi connectivity index (χ0v) is 9.13. The first-order valence-electron chi connectivity index (χ1n) is 3.86. The van der Waals surface area contributed by atoms with Crippen LogP contribution >= 0.6 is 15.9 Å². The smallest absolute Gasteiger partial charge is 0.434 e. The third-order valence-electron chi connectivity index (χ3n) is 1.41. The van der Waals surface area contributed by atoms with Crippen LogP contribution in [0.15, 0.2) is 10.7 Å². The lowest BCUT2D eigenvalue weighted by Gasteiger charge is -2.09. The van der Waals surface area contributed by atoms with Gasteiger partial charge in [0.1, 0.15) is 6.54 Å². The maximum atomic E-state index is 12.4. The van der Waals surface area contributed by atoms with E-state index in [4.69, 9.17) is 5.11 Å². The van der Waals surface area contributed by atoms with E-state index in [0.717, 1.165) is 6.20 Å². The Labute approximate surface area is 95.8 Å². The number of aromatic nitrogens is 2. The maximum absolute atomic E-state index is 12.4. The molecule has 16 heavy (non-hydrogen) atoms. The molecule has 1 aromatic heterocycles. The van der Waals surface area contributed by atoms with Gasteiger partial charge in [-0.2, -0.15) is 13.2 Å². The fourth-order valence-electron chi connectivity index (χ4n) is 0.806. The number of hydrogen-bond donors (Lipinski definition) is 2. The van der Waals surface area contributed by atoms with E-state index in [1.54, 1.807) is 0 Å². The number of anilines is 1. The van der Waals surface area contributed by atoms with Crippen LogP contribution in [0, 0.1) is 0 Å². The van der Waals surface area contributed by atoms with Gasteiger partial charge in [-0.1, -0.05) is 0 Å². The van der Waals surface area contributed by atoms with Crippen molar-refractivity contribution in [2.24, 2.45) is 0 Å². The molecule has 9 heteroatoms. The fraction of sp³-hybridized carbons (Fsp3) is 0.286. The Morgan fingerprint density at radius 3 is 2.69 bits per heavy atom. The lowest BCUT2D eigenvalue weighted by atomic mass is 10.4. The van der Waals surface area contributed by atoms with Crippen molar-refractivity contribution in [3.05, 3.63) is 16.4 Å². The molecular formula is C7H5BrF3N3O2. The Kier molecular flexibility index (Phi) is 3.68. The molecule has 88 valence electrons. The van der Waals surface area contributed by atoms with Gasteiger partial charge in [0.15, 0.2) is 5.69 Å². The van der Waals surface area contributed by atoms with Crippen LogP contribution in [0.3, 0.4) is 0 Å². The molecule has 0 amide bonds. The summed E-state index contributed by atoms with van der Waals surface area (Å²) in [5, 5.41) is 10.5. The zero-order chi connectivity index (χ0) is 12.3. The van der Waals surface area contributed by atoms with Gasteiger partial charge >= 0.3 is 12.1 Å². The molecule has 0 aliphatic carbocycles. The van der Waals surface area contributed by atoms with Crippen molar-refractivity contribution in [1.82, 2.24) is 9.97 Å². The first-order valence-corrected chi connectivity index (χ1v) is 4.65. The molecule has 0 atom stereocenters. The molecule has 0 aliphatic rings. The monoisotopic (exact) mass is 299 g/mol. The van der Waals surface area contributed by atoms with Crippen molar-refractivity contribution >= 4 is 27.8 Å². The molecule has 5 nitrogen and oxygen atoms in total. The predicted octanol–water partition coefficient (Wildman–Crippen LogP) is 1.75. The summed E-state index contributed by atoms with van der Waals surface area (Å²) in [6.45, 7) is -0.557. The number of carboxylic acid groups (broad SMARTS) is 1. The minimum Gasteiger partial charge on any atom is -0.480 e. The number of carboxylic acids is 1. The van der Waals surface area contributed by atoms with Crippen molar-refractivity contribution in [2.75, 3.05) is 11.9 Å². The van der Waals surface area contributed by atoms with E-state index in [0.29, 0.717) is 0 Å². The van der Waals surface area contributed by atoms with Gasteiger partial charge in [-0.15, -0.1) is 0 Å². The van der Waals surface area contributed by atoms with E-state index < -0.39 is 30.3 Å². The number of carbonyl (C=O) groups is 1. The summed E-state index contributed by atoms with van der Waals surface area (Å²) in [4.78, 5) is 16.8. The maximum Gasteiger partial charge on any atom is 0.434 e. The minimum atomic E-state index is -4.62. The molecule has 1 rings (SSSR count). The molecular weight excluding hydrogens is 295 g/mol. The van der Waals surface area contributed by atoms with Gasteiger partial charge in [0.05, 0.1) is 4.47 Å². The molecule has 0 spiro atoms. The molecule has 0 fully saturated rings. The molecule has 0 radical (unpaired) electrons. The molecule has 0 saturated carbocycles. The van der Waals surface area contributed by atoms with Crippen molar-refractivity contribution in [1.29, 1.82) is 0 Å². The minimum absolute atomic E-state index is 0.305. The van der Waals surface area contributed by atoms with Crippen LogP contribution in [0.25, 0.3) is 0 Å². The molecule has 0 unspecified atom stereocenters. The fourth-order valence-corrected chi connectivity index (χ4v) is 1.22. The van der Waals surface area contributed by atoms with Gasteiger partial charge in [-0.25, -0.2) is 9.97 Å². The van der Waals surface area contributed by atoms with E-state index in [2.05, 4.69) is 31.2 Å². The molecule has 1 aromatic rings. The van der Waals surface area contributed by atoms with Crippen LogP contribution in [0.2, 0.25) is 0 Å². The third-order valence-corrected chi connectivity index (χ3v) is 1.99. The second kappa shape index (κ2) is 4.64. The highest BCUT2D eigenvalue weighted by atomic mass is 79.9. The third kappa shape index (κ3) is 3.33. The number of nitrogens with zero attached hydrogens (tertiary/aromatic N) is 2. The summed E-state index contributed by atoms with van der Waals surface area (Å²) in [5.74, 6) is -1.61. The molecule has 1 heterocycles. The first-order chi connectivity index (χ1) is 7.30. The van der Waals surface area contributed by atoms with Gasteiger partial charge in [-0.3, -0.25) is 4.79 Å². The summed E-state index contributed by atoms with van der Waals surface area (Å²) in [6, 6.07) is 0. The Morgan fingerprint density at radius 2 is 2.19 bits per heavy atom. The SMILES string of the molecule is O=C(O)CNc1ncc(Br)c(C(F)(F)F)n1. The van der Waals surface area contributed by atoms with Gasteiger partial charge in [0.25, 0.3) is 0 Å². The predicted molar refractivity (Wildman–Crippen MR) is 50.9 cm³/mol. The van der Waals surface area contributed by atoms with Gasteiger partial charge in [0.2, 0.25) is 5.95 Å². The normalized spacial score (nSPS) is 11.2. The molecule has 2 N–H and O–H groups in total. The van der Waals surface area contributed by atoms with Crippen LogP contribution < -0.4 is 5.32 Å². The lowest BCUT2D eigenvalue weighted by Crippen LogP contribution is -2.17. The van der Waals surface area contributed by atoms with Crippen LogP contribution in [-0.2, 0) is 11.0 Å². The van der Waals surface area contributed by atoms with Gasteiger partial charge in [-0.05, 0) is 15.9 Å². The van der Waals surface area contributed by atoms with Crippen LogP contribution in [0.1, 0.15) is 5.69 Å². The van der Waals surface area contributed by atoms with E-state index in [-0.39, 0.29) is 4.47 Å². The zero-order valence-electron chi connectivity index (χ0n) is 7.55. The van der Waals surface area contributed by atoms with Gasteiger partial charge < -0.3 is 10.4 Å². The van der Waals surface area contributed by atoms with Crippen LogP contribution in [-0.4, -0.2) is 27.6 Å². The number of nitrogens with one attached hydrogen (secondary N) is 1. The Hall–Kier alpha value is -1.38.